The zero-order chi connectivity index (χ0) is 15.0. The van der Waals surface area contributed by atoms with Gasteiger partial charge < -0.3 is 15.1 Å². The summed E-state index contributed by atoms with van der Waals surface area (Å²) in [6, 6.07) is 8.86. The third-order valence-corrected chi connectivity index (χ3v) is 5.54. The number of aliphatic carboxylic acids is 1. The van der Waals surface area contributed by atoms with Gasteiger partial charge in [0.05, 0.1) is 5.92 Å². The molecule has 0 bridgehead atoms. The number of benzene rings is 1. The minimum absolute atomic E-state index is 0.0328. The van der Waals surface area contributed by atoms with Crippen LogP contribution in [0.25, 0.3) is 0 Å². The molecule has 2 saturated heterocycles. The molecule has 1 aromatic rings. The summed E-state index contributed by atoms with van der Waals surface area (Å²) in [4.78, 5) is 26.2. The first-order valence-electron chi connectivity index (χ1n) is 7.01. The summed E-state index contributed by atoms with van der Waals surface area (Å²) in [5.74, 6) is -1.28. The van der Waals surface area contributed by atoms with Crippen molar-refractivity contribution >= 4 is 23.6 Å². The van der Waals surface area contributed by atoms with Crippen LogP contribution in [0, 0.1) is 5.92 Å². The zero-order valence-corrected chi connectivity index (χ0v) is 12.2. The van der Waals surface area contributed by atoms with Gasteiger partial charge in [0.2, 0.25) is 5.91 Å². The number of fused-ring (bicyclic) bond motifs is 1. The molecule has 1 amide bonds. The zero-order valence-electron chi connectivity index (χ0n) is 11.4. The van der Waals surface area contributed by atoms with Gasteiger partial charge in [0.1, 0.15) is 6.04 Å². The molecule has 2 aliphatic heterocycles. The fraction of sp³-hybridized carbons (Fsp3) is 0.467. The molecule has 21 heavy (non-hydrogen) atoms. The van der Waals surface area contributed by atoms with E-state index in [1.807, 2.05) is 30.3 Å². The highest BCUT2D eigenvalue weighted by atomic mass is 32.2. The molecule has 112 valence electrons. The molecule has 4 atom stereocenters. The summed E-state index contributed by atoms with van der Waals surface area (Å²) >= 11 is 1.52. The highest BCUT2D eigenvalue weighted by molar-refractivity contribution is 8.00. The number of carboxylic acid groups (broad SMARTS) is 1. The van der Waals surface area contributed by atoms with E-state index < -0.39 is 12.0 Å². The number of thioether (sulfide) groups is 1. The van der Waals surface area contributed by atoms with Crippen LogP contribution >= 0.6 is 11.8 Å². The van der Waals surface area contributed by atoms with Crippen LogP contribution in [0.3, 0.4) is 0 Å². The van der Waals surface area contributed by atoms with E-state index in [0.717, 1.165) is 4.90 Å². The highest BCUT2D eigenvalue weighted by Gasteiger charge is 2.59. The van der Waals surface area contributed by atoms with Gasteiger partial charge in [-0.3, -0.25) is 4.79 Å². The lowest BCUT2D eigenvalue weighted by atomic mass is 9.85. The number of hydrogen-bond acceptors (Lipinski definition) is 4. The van der Waals surface area contributed by atoms with Gasteiger partial charge >= 0.3 is 5.97 Å². The normalized spacial score (nSPS) is 30.9. The van der Waals surface area contributed by atoms with Gasteiger partial charge in [-0.25, -0.2) is 4.79 Å². The van der Waals surface area contributed by atoms with Crippen molar-refractivity contribution in [2.24, 2.45) is 5.92 Å². The van der Waals surface area contributed by atoms with Crippen LogP contribution in [0.2, 0.25) is 0 Å². The Morgan fingerprint density at radius 1 is 1.33 bits per heavy atom. The number of aliphatic hydroxyl groups is 1. The van der Waals surface area contributed by atoms with Gasteiger partial charge in [0.15, 0.2) is 0 Å². The molecular formula is C15H17NO4S. The van der Waals surface area contributed by atoms with Crippen molar-refractivity contribution in [2.45, 2.75) is 35.1 Å². The van der Waals surface area contributed by atoms with Crippen LogP contribution in [0.1, 0.15) is 12.8 Å². The van der Waals surface area contributed by atoms with Gasteiger partial charge in [-0.2, -0.15) is 0 Å². The summed E-state index contributed by atoms with van der Waals surface area (Å²) in [6.07, 6.45) is 1.10. The van der Waals surface area contributed by atoms with Crippen molar-refractivity contribution in [3.8, 4) is 0 Å². The molecule has 5 nitrogen and oxygen atoms in total. The summed E-state index contributed by atoms with van der Waals surface area (Å²) in [5, 5.41) is 18.3. The smallest absolute Gasteiger partial charge is 0.327 e. The average Bonchev–Trinajstić information content (AvgIpc) is 2.81. The lowest BCUT2D eigenvalue weighted by molar-refractivity contribution is -0.164. The van der Waals surface area contributed by atoms with Crippen LogP contribution in [0.5, 0.6) is 0 Å². The predicted molar refractivity (Wildman–Crippen MR) is 78.0 cm³/mol. The number of rotatable bonds is 5. The Kier molecular flexibility index (Phi) is 3.91. The van der Waals surface area contributed by atoms with Gasteiger partial charge in [-0.05, 0) is 25.0 Å². The van der Waals surface area contributed by atoms with Crippen molar-refractivity contribution in [2.75, 3.05) is 6.61 Å². The fourth-order valence-electron chi connectivity index (χ4n) is 3.32. The SMILES string of the molecule is O=C(O)C1C(Sc2ccccc2)CC2C(CCO)C(=O)N21. The van der Waals surface area contributed by atoms with E-state index in [2.05, 4.69) is 0 Å². The topological polar surface area (TPSA) is 77.8 Å². The number of carbonyl (C=O) groups excluding carboxylic acids is 1. The minimum atomic E-state index is -0.943. The Morgan fingerprint density at radius 2 is 2.05 bits per heavy atom. The van der Waals surface area contributed by atoms with Crippen LogP contribution < -0.4 is 0 Å². The monoisotopic (exact) mass is 307 g/mol. The maximum Gasteiger partial charge on any atom is 0.327 e. The Labute approximate surface area is 126 Å². The van der Waals surface area contributed by atoms with Crippen LogP contribution in [-0.2, 0) is 9.59 Å². The number of β-lactam (4-membered cyclic amide) rings is 1. The van der Waals surface area contributed by atoms with Crippen LogP contribution in [0.4, 0.5) is 0 Å². The molecule has 2 aliphatic rings. The summed E-state index contributed by atoms with van der Waals surface area (Å²) in [5.41, 5.74) is 0. The first-order valence-corrected chi connectivity index (χ1v) is 7.89. The Bertz CT molecular complexity index is 550. The van der Waals surface area contributed by atoms with E-state index >= 15 is 0 Å². The second-order valence-electron chi connectivity index (χ2n) is 5.42. The first kappa shape index (κ1) is 14.4. The second-order valence-corrected chi connectivity index (χ2v) is 6.73. The average molecular weight is 307 g/mol. The molecule has 1 aromatic carbocycles. The van der Waals surface area contributed by atoms with Gasteiger partial charge in [-0.15, -0.1) is 11.8 Å². The molecule has 3 rings (SSSR count). The van der Waals surface area contributed by atoms with Gasteiger partial charge in [-0.1, -0.05) is 18.2 Å². The number of carboxylic acids is 1. The minimum Gasteiger partial charge on any atom is -0.480 e. The van der Waals surface area contributed by atoms with Crippen molar-refractivity contribution in [1.29, 1.82) is 0 Å². The van der Waals surface area contributed by atoms with Crippen molar-refractivity contribution in [1.82, 2.24) is 4.90 Å². The molecule has 2 heterocycles. The molecule has 6 heteroatoms. The number of nitrogens with zero attached hydrogens (tertiary/aromatic N) is 1. The van der Waals surface area contributed by atoms with E-state index in [0.29, 0.717) is 12.8 Å². The van der Waals surface area contributed by atoms with E-state index in [1.54, 1.807) is 0 Å². The molecule has 0 radical (unpaired) electrons. The first-order chi connectivity index (χ1) is 10.1. The lowest BCUT2D eigenvalue weighted by Crippen LogP contribution is -2.62. The van der Waals surface area contributed by atoms with Crippen molar-refractivity contribution in [3.05, 3.63) is 30.3 Å². The second kappa shape index (κ2) is 5.69. The van der Waals surface area contributed by atoms with E-state index in [9.17, 15) is 14.7 Å². The number of aliphatic hydroxyl groups excluding tert-OH is 1. The third kappa shape index (κ3) is 2.42. The molecule has 0 spiro atoms. The highest BCUT2D eigenvalue weighted by Crippen LogP contribution is 2.46. The van der Waals surface area contributed by atoms with Crippen molar-refractivity contribution in [3.63, 3.8) is 0 Å². The third-order valence-electron chi connectivity index (χ3n) is 4.24. The van der Waals surface area contributed by atoms with Crippen LogP contribution in [0.15, 0.2) is 35.2 Å². The maximum atomic E-state index is 12.1. The summed E-state index contributed by atoms with van der Waals surface area (Å²) < 4.78 is 0. The molecule has 2 N–H and O–H groups in total. The van der Waals surface area contributed by atoms with E-state index in [-0.39, 0.29) is 29.7 Å². The Morgan fingerprint density at radius 3 is 2.67 bits per heavy atom. The Hall–Kier alpha value is -1.53. The summed E-state index contributed by atoms with van der Waals surface area (Å²) in [6.45, 7) is -0.0328. The van der Waals surface area contributed by atoms with Crippen molar-refractivity contribution < 1.29 is 19.8 Å². The quantitative estimate of drug-likeness (QED) is 0.800. The number of hydrogen-bond donors (Lipinski definition) is 2. The Balaban J connectivity index is 1.78. The van der Waals surface area contributed by atoms with Crippen LogP contribution in [-0.4, -0.2) is 50.9 Å². The van der Waals surface area contributed by atoms with Gasteiger partial charge in [0.25, 0.3) is 0 Å². The molecular weight excluding hydrogens is 290 g/mol. The largest absolute Gasteiger partial charge is 0.480 e. The number of amides is 1. The molecule has 2 fully saturated rings. The molecule has 0 aromatic heterocycles. The number of carbonyl (C=O) groups is 2. The molecule has 0 saturated carbocycles. The maximum absolute atomic E-state index is 12.1. The predicted octanol–water partition coefficient (Wildman–Crippen LogP) is 1.21. The lowest BCUT2D eigenvalue weighted by Gasteiger charge is -2.44. The fourth-order valence-corrected chi connectivity index (χ4v) is 4.65. The molecule has 4 unspecified atom stereocenters. The van der Waals surface area contributed by atoms with Gasteiger partial charge in [0, 0.05) is 22.8 Å². The van der Waals surface area contributed by atoms with E-state index in [1.165, 1.54) is 16.7 Å². The van der Waals surface area contributed by atoms with E-state index in [4.69, 9.17) is 5.11 Å². The molecule has 0 aliphatic carbocycles. The summed E-state index contributed by atoms with van der Waals surface area (Å²) in [7, 11) is 0. The standard InChI is InChI=1S/C15H17NO4S/c17-7-6-10-11-8-12(21-9-4-2-1-3-5-9)13(15(19)20)16(11)14(10)18/h1-5,10-13,17H,6-8H2,(H,19,20).